The van der Waals surface area contributed by atoms with E-state index in [0.717, 1.165) is 17.4 Å². The van der Waals surface area contributed by atoms with E-state index < -0.39 is 0 Å². The highest BCUT2D eigenvalue weighted by atomic mass is 16.1. The van der Waals surface area contributed by atoms with Gasteiger partial charge in [-0.25, -0.2) is 9.66 Å². The van der Waals surface area contributed by atoms with Crippen molar-refractivity contribution in [2.75, 3.05) is 12.0 Å². The maximum Gasteiger partial charge on any atom is 0.273 e. The Kier molecular flexibility index (Phi) is 2.90. The molecule has 0 amide bonds. The minimum atomic E-state index is -0.00412. The Balaban J connectivity index is 2.80. The van der Waals surface area contributed by atoms with Crippen molar-refractivity contribution < 1.29 is 0 Å². The number of pyridine rings is 2. The van der Waals surface area contributed by atoms with Crippen molar-refractivity contribution in [3.8, 4) is 0 Å². The van der Waals surface area contributed by atoms with Gasteiger partial charge in [-0.2, -0.15) is 0 Å². The van der Waals surface area contributed by atoms with Gasteiger partial charge in [0.15, 0.2) is 5.65 Å². The van der Waals surface area contributed by atoms with Crippen LogP contribution in [0.1, 0.15) is 19.4 Å². The molecule has 0 aliphatic carbocycles. The van der Waals surface area contributed by atoms with Crippen LogP contribution in [-0.2, 0) is 6.42 Å². The smallest absolute Gasteiger partial charge is 0.273 e. The van der Waals surface area contributed by atoms with Crippen LogP contribution in [0.3, 0.4) is 0 Å². The summed E-state index contributed by atoms with van der Waals surface area (Å²) in [5, 5.41) is 0.986. The van der Waals surface area contributed by atoms with Crippen LogP contribution in [0.15, 0.2) is 29.2 Å². The first-order chi connectivity index (χ1) is 7.77. The molecule has 4 nitrogen and oxygen atoms in total. The van der Waals surface area contributed by atoms with E-state index in [-0.39, 0.29) is 5.56 Å². The number of rotatable bonds is 3. The molecule has 0 aromatic carbocycles. The fourth-order valence-electron chi connectivity index (χ4n) is 1.76. The van der Waals surface area contributed by atoms with Gasteiger partial charge >= 0.3 is 0 Å². The molecule has 0 saturated heterocycles. The van der Waals surface area contributed by atoms with E-state index in [2.05, 4.69) is 10.4 Å². The van der Waals surface area contributed by atoms with Gasteiger partial charge in [-0.15, -0.1) is 0 Å². The fraction of sp³-hybridized carbons (Fsp3) is 0.333. The molecular formula is C12H15N3O. The first kappa shape index (κ1) is 10.7. The van der Waals surface area contributed by atoms with E-state index >= 15 is 0 Å². The average molecular weight is 217 g/mol. The largest absolute Gasteiger partial charge is 0.321 e. The monoisotopic (exact) mass is 217 g/mol. The molecule has 0 radical (unpaired) electrons. The van der Waals surface area contributed by atoms with E-state index in [1.54, 1.807) is 6.20 Å². The first-order valence-electron chi connectivity index (χ1n) is 5.51. The molecule has 0 spiro atoms. The van der Waals surface area contributed by atoms with Crippen LogP contribution in [0.5, 0.6) is 0 Å². The van der Waals surface area contributed by atoms with Crippen LogP contribution in [-0.4, -0.2) is 16.2 Å². The van der Waals surface area contributed by atoms with E-state index in [1.807, 2.05) is 32.0 Å². The van der Waals surface area contributed by atoms with Gasteiger partial charge in [0.2, 0.25) is 0 Å². The summed E-state index contributed by atoms with van der Waals surface area (Å²) >= 11 is 0. The van der Waals surface area contributed by atoms with Gasteiger partial charge in [0, 0.05) is 23.7 Å². The first-order valence-corrected chi connectivity index (χ1v) is 5.51. The Morgan fingerprint density at radius 2 is 2.25 bits per heavy atom. The normalized spacial score (nSPS) is 10.6. The second kappa shape index (κ2) is 4.35. The van der Waals surface area contributed by atoms with Crippen molar-refractivity contribution in [1.29, 1.82) is 0 Å². The third-order valence-electron chi connectivity index (χ3n) is 2.53. The van der Waals surface area contributed by atoms with Crippen molar-refractivity contribution in [1.82, 2.24) is 9.66 Å². The Bertz CT molecular complexity index is 560. The third-order valence-corrected chi connectivity index (χ3v) is 2.53. The maximum absolute atomic E-state index is 12.1. The predicted octanol–water partition coefficient (Wildman–Crippen LogP) is 1.52. The molecule has 1 N–H and O–H groups in total. The molecular weight excluding hydrogens is 202 g/mol. The fourth-order valence-corrected chi connectivity index (χ4v) is 1.76. The summed E-state index contributed by atoms with van der Waals surface area (Å²) in [6.07, 6.45) is 2.43. The summed E-state index contributed by atoms with van der Waals surface area (Å²) in [6.45, 7) is 4.63. The number of hydrogen-bond donors (Lipinski definition) is 1. The van der Waals surface area contributed by atoms with E-state index in [1.165, 1.54) is 4.68 Å². The number of nitrogens with one attached hydrogen (secondary N) is 1. The molecule has 0 saturated carbocycles. The van der Waals surface area contributed by atoms with Gasteiger partial charge in [0.05, 0.1) is 0 Å². The Morgan fingerprint density at radius 3 is 2.94 bits per heavy atom. The van der Waals surface area contributed by atoms with Crippen molar-refractivity contribution >= 4 is 11.0 Å². The topological polar surface area (TPSA) is 46.9 Å². The van der Waals surface area contributed by atoms with E-state index in [9.17, 15) is 4.79 Å². The molecule has 4 heteroatoms. The standard InChI is InChI=1S/C12H15N3O/c1-3-9-8-10-6-5-7-13-11(10)15(12(9)16)14-4-2/h5-8,14H,3-4H2,1-2H3. The van der Waals surface area contributed by atoms with Crippen molar-refractivity contribution in [3.63, 3.8) is 0 Å². The number of nitrogens with zero attached hydrogens (tertiary/aromatic N) is 2. The molecule has 2 aromatic rings. The van der Waals surface area contributed by atoms with Crippen molar-refractivity contribution in [2.24, 2.45) is 0 Å². The number of aromatic nitrogens is 2. The number of hydrogen-bond acceptors (Lipinski definition) is 3. The molecule has 84 valence electrons. The molecule has 0 fully saturated rings. The summed E-state index contributed by atoms with van der Waals surface area (Å²) < 4.78 is 1.54. The molecule has 0 unspecified atom stereocenters. The van der Waals surface area contributed by atoms with Crippen LogP contribution >= 0.6 is 0 Å². The quantitative estimate of drug-likeness (QED) is 0.848. The SMILES string of the molecule is CCNn1c(=O)c(CC)cc2cccnc21. The van der Waals surface area contributed by atoms with Gasteiger partial charge in [-0.05, 0) is 31.5 Å². The van der Waals surface area contributed by atoms with Gasteiger partial charge < -0.3 is 5.43 Å². The van der Waals surface area contributed by atoms with Crippen LogP contribution in [0.25, 0.3) is 11.0 Å². The zero-order valence-corrected chi connectivity index (χ0v) is 9.53. The molecule has 0 aliphatic heterocycles. The molecule has 0 bridgehead atoms. The van der Waals surface area contributed by atoms with Crippen LogP contribution < -0.4 is 11.0 Å². The van der Waals surface area contributed by atoms with Gasteiger partial charge in [0.1, 0.15) is 0 Å². The van der Waals surface area contributed by atoms with Crippen LogP contribution in [0, 0.1) is 0 Å². The minimum Gasteiger partial charge on any atom is -0.321 e. The van der Waals surface area contributed by atoms with Crippen molar-refractivity contribution in [3.05, 3.63) is 40.3 Å². The lowest BCUT2D eigenvalue weighted by Gasteiger charge is -2.11. The van der Waals surface area contributed by atoms with Gasteiger partial charge in [-0.1, -0.05) is 6.92 Å². The third kappa shape index (κ3) is 1.66. The molecule has 2 heterocycles. The predicted molar refractivity (Wildman–Crippen MR) is 65.3 cm³/mol. The molecule has 16 heavy (non-hydrogen) atoms. The lowest BCUT2D eigenvalue weighted by molar-refractivity contribution is 0.827. The molecule has 2 rings (SSSR count). The molecule has 2 aromatic heterocycles. The van der Waals surface area contributed by atoms with Gasteiger partial charge in [-0.3, -0.25) is 4.79 Å². The van der Waals surface area contributed by atoms with Gasteiger partial charge in [0.25, 0.3) is 5.56 Å². The van der Waals surface area contributed by atoms with Crippen LogP contribution in [0.2, 0.25) is 0 Å². The zero-order valence-electron chi connectivity index (χ0n) is 9.53. The summed E-state index contributed by atoms with van der Waals surface area (Å²) in [5.74, 6) is 0. The molecule has 0 atom stereocenters. The average Bonchev–Trinajstić information content (AvgIpc) is 2.32. The second-order valence-electron chi connectivity index (χ2n) is 3.59. The van der Waals surface area contributed by atoms with Crippen LogP contribution in [0.4, 0.5) is 0 Å². The minimum absolute atomic E-state index is 0.00412. The molecule has 0 aliphatic rings. The lowest BCUT2D eigenvalue weighted by atomic mass is 10.2. The summed E-state index contributed by atoms with van der Waals surface area (Å²) in [5.41, 5.74) is 4.52. The summed E-state index contributed by atoms with van der Waals surface area (Å²) in [6, 6.07) is 5.76. The summed E-state index contributed by atoms with van der Waals surface area (Å²) in [4.78, 5) is 16.3. The summed E-state index contributed by atoms with van der Waals surface area (Å²) in [7, 11) is 0. The lowest BCUT2D eigenvalue weighted by Crippen LogP contribution is -2.31. The van der Waals surface area contributed by atoms with E-state index in [4.69, 9.17) is 0 Å². The highest BCUT2D eigenvalue weighted by Gasteiger charge is 2.07. The Morgan fingerprint density at radius 1 is 1.44 bits per heavy atom. The number of aryl methyl sites for hydroxylation is 1. The number of fused-ring (bicyclic) bond motifs is 1. The highest BCUT2D eigenvalue weighted by Crippen LogP contribution is 2.09. The zero-order chi connectivity index (χ0) is 11.5. The second-order valence-corrected chi connectivity index (χ2v) is 3.59. The highest BCUT2D eigenvalue weighted by molar-refractivity contribution is 5.75. The maximum atomic E-state index is 12.1. The Hall–Kier alpha value is -1.84. The van der Waals surface area contributed by atoms with Crippen molar-refractivity contribution in [2.45, 2.75) is 20.3 Å². The Labute approximate surface area is 93.9 Å². The van der Waals surface area contributed by atoms with E-state index in [0.29, 0.717) is 12.2 Å².